The van der Waals surface area contributed by atoms with E-state index in [2.05, 4.69) is 21.2 Å². The van der Waals surface area contributed by atoms with Gasteiger partial charge in [0.25, 0.3) is 10.0 Å². The maximum atomic E-state index is 14.2. The summed E-state index contributed by atoms with van der Waals surface area (Å²) in [4.78, 5) is 29.1. The van der Waals surface area contributed by atoms with E-state index in [1.165, 1.54) is 42.3 Å². The molecule has 0 saturated heterocycles. The predicted octanol–water partition coefficient (Wildman–Crippen LogP) is 5.97. The van der Waals surface area contributed by atoms with Crippen molar-refractivity contribution in [3.63, 3.8) is 0 Å². The standard InChI is InChI=1S/C32H37BrFN3O5S/c1-4-29(32(39)35-25-7-5-6-8-25)36(20-23-11-13-24(34)14-12-23)31(38)21-37(26-15-9-22(2)10-16-26)43(40,41)27-17-18-30(42-3)28(33)19-27/h9-19,25,29H,4-8,20-21H2,1-3H3,(H,35,39). The summed E-state index contributed by atoms with van der Waals surface area (Å²) in [6, 6.07) is 16.1. The fourth-order valence-electron chi connectivity index (χ4n) is 5.25. The summed E-state index contributed by atoms with van der Waals surface area (Å²) in [5.74, 6) is -0.806. The number of carbonyl (C=O) groups is 2. The molecule has 0 aromatic heterocycles. The van der Waals surface area contributed by atoms with E-state index in [4.69, 9.17) is 4.74 Å². The first-order valence-electron chi connectivity index (χ1n) is 14.3. The van der Waals surface area contributed by atoms with Gasteiger partial charge in [-0.3, -0.25) is 13.9 Å². The summed E-state index contributed by atoms with van der Waals surface area (Å²) in [5, 5.41) is 3.08. The lowest BCUT2D eigenvalue weighted by atomic mass is 10.1. The molecule has 230 valence electrons. The summed E-state index contributed by atoms with van der Waals surface area (Å²) >= 11 is 3.36. The van der Waals surface area contributed by atoms with Gasteiger partial charge in [-0.1, -0.05) is 49.6 Å². The zero-order valence-corrected chi connectivity index (χ0v) is 27.0. The first kappa shape index (κ1) is 32.5. The van der Waals surface area contributed by atoms with Crippen molar-refractivity contribution in [2.24, 2.45) is 0 Å². The summed E-state index contributed by atoms with van der Waals surface area (Å²) in [7, 11) is -2.76. The van der Waals surface area contributed by atoms with Crippen molar-refractivity contribution < 1.29 is 27.1 Å². The Morgan fingerprint density at radius 1 is 1.05 bits per heavy atom. The molecule has 1 N–H and O–H groups in total. The fourth-order valence-corrected chi connectivity index (χ4v) is 7.38. The van der Waals surface area contributed by atoms with Gasteiger partial charge in [0.1, 0.15) is 24.2 Å². The molecule has 1 fully saturated rings. The second-order valence-electron chi connectivity index (χ2n) is 10.7. The molecule has 2 amide bonds. The van der Waals surface area contributed by atoms with E-state index in [1.807, 2.05) is 13.8 Å². The zero-order valence-electron chi connectivity index (χ0n) is 24.6. The third-order valence-corrected chi connectivity index (χ3v) is 10.1. The van der Waals surface area contributed by atoms with Crippen LogP contribution in [-0.4, -0.2) is 50.9 Å². The molecule has 1 aliphatic rings. The van der Waals surface area contributed by atoms with Crippen molar-refractivity contribution in [1.82, 2.24) is 10.2 Å². The molecule has 1 saturated carbocycles. The zero-order chi connectivity index (χ0) is 31.1. The van der Waals surface area contributed by atoms with Crippen molar-refractivity contribution >= 4 is 43.5 Å². The van der Waals surface area contributed by atoms with Gasteiger partial charge in [-0.15, -0.1) is 0 Å². The Morgan fingerprint density at radius 3 is 2.28 bits per heavy atom. The lowest BCUT2D eigenvalue weighted by Gasteiger charge is -2.33. The van der Waals surface area contributed by atoms with Gasteiger partial charge < -0.3 is 15.0 Å². The number of amides is 2. The van der Waals surface area contributed by atoms with Crippen LogP contribution in [-0.2, 0) is 26.2 Å². The molecule has 3 aromatic rings. The molecule has 1 aliphatic carbocycles. The molecular formula is C32H37BrFN3O5S. The van der Waals surface area contributed by atoms with E-state index in [-0.39, 0.29) is 23.4 Å². The van der Waals surface area contributed by atoms with Crippen LogP contribution < -0.4 is 14.4 Å². The van der Waals surface area contributed by atoms with E-state index in [9.17, 15) is 22.4 Å². The smallest absolute Gasteiger partial charge is 0.264 e. The number of hydrogen-bond acceptors (Lipinski definition) is 5. The van der Waals surface area contributed by atoms with Gasteiger partial charge in [0.2, 0.25) is 11.8 Å². The van der Waals surface area contributed by atoms with Gasteiger partial charge in [0, 0.05) is 12.6 Å². The van der Waals surface area contributed by atoms with Crippen LogP contribution in [0.25, 0.3) is 0 Å². The molecule has 0 aliphatic heterocycles. The number of rotatable bonds is 12. The van der Waals surface area contributed by atoms with Crippen LogP contribution >= 0.6 is 15.9 Å². The number of halogens is 2. The number of anilines is 1. The van der Waals surface area contributed by atoms with Crippen LogP contribution in [0.4, 0.5) is 10.1 Å². The van der Waals surface area contributed by atoms with Gasteiger partial charge in [0.15, 0.2) is 0 Å². The number of aryl methyl sites for hydroxylation is 1. The summed E-state index contributed by atoms with van der Waals surface area (Å²) in [6.45, 7) is 3.15. The first-order valence-corrected chi connectivity index (χ1v) is 16.5. The number of carbonyl (C=O) groups excluding carboxylic acids is 2. The predicted molar refractivity (Wildman–Crippen MR) is 168 cm³/mol. The normalized spacial score (nSPS) is 14.3. The lowest BCUT2D eigenvalue weighted by molar-refractivity contribution is -0.140. The van der Waals surface area contributed by atoms with Gasteiger partial charge >= 0.3 is 0 Å². The minimum atomic E-state index is -4.24. The molecule has 0 bridgehead atoms. The Labute approximate surface area is 261 Å². The molecule has 8 nitrogen and oxygen atoms in total. The second-order valence-corrected chi connectivity index (χ2v) is 13.4. The minimum Gasteiger partial charge on any atom is -0.496 e. The maximum Gasteiger partial charge on any atom is 0.264 e. The number of nitrogens with zero attached hydrogens (tertiary/aromatic N) is 2. The number of nitrogens with one attached hydrogen (secondary N) is 1. The van der Waals surface area contributed by atoms with Crippen LogP contribution in [0.5, 0.6) is 5.75 Å². The Hall–Kier alpha value is -3.44. The highest BCUT2D eigenvalue weighted by molar-refractivity contribution is 9.10. The van der Waals surface area contributed by atoms with Gasteiger partial charge in [0.05, 0.1) is 22.2 Å². The molecule has 43 heavy (non-hydrogen) atoms. The largest absolute Gasteiger partial charge is 0.496 e. The van der Waals surface area contributed by atoms with Crippen molar-refractivity contribution in [3.8, 4) is 5.75 Å². The van der Waals surface area contributed by atoms with E-state index >= 15 is 0 Å². The van der Waals surface area contributed by atoms with Crippen LogP contribution in [0, 0.1) is 12.7 Å². The molecular weight excluding hydrogens is 637 g/mol. The molecule has 4 rings (SSSR count). The van der Waals surface area contributed by atoms with E-state index in [1.54, 1.807) is 36.4 Å². The van der Waals surface area contributed by atoms with E-state index in [0.717, 1.165) is 35.6 Å². The average Bonchev–Trinajstić information content (AvgIpc) is 3.50. The third-order valence-electron chi connectivity index (χ3n) is 7.67. The molecule has 0 spiro atoms. The topological polar surface area (TPSA) is 96.0 Å². The van der Waals surface area contributed by atoms with E-state index < -0.39 is 34.3 Å². The highest BCUT2D eigenvalue weighted by Crippen LogP contribution is 2.31. The van der Waals surface area contributed by atoms with Gasteiger partial charge in [-0.25, -0.2) is 12.8 Å². The monoisotopic (exact) mass is 673 g/mol. The fraction of sp³-hybridized carbons (Fsp3) is 0.375. The number of ether oxygens (including phenoxy) is 1. The number of benzene rings is 3. The Balaban J connectivity index is 1.72. The number of hydrogen-bond donors (Lipinski definition) is 1. The number of methoxy groups -OCH3 is 1. The quantitative estimate of drug-likeness (QED) is 0.256. The SMILES string of the molecule is CCC(C(=O)NC1CCCC1)N(Cc1ccc(F)cc1)C(=O)CN(c1ccc(C)cc1)S(=O)(=O)c1ccc(OC)c(Br)c1. The Kier molecular flexibility index (Phi) is 10.8. The van der Waals surface area contributed by atoms with Crippen molar-refractivity contribution in [3.05, 3.63) is 88.1 Å². The highest BCUT2D eigenvalue weighted by atomic mass is 79.9. The summed E-state index contributed by atoms with van der Waals surface area (Å²) < 4.78 is 48.7. The van der Waals surface area contributed by atoms with Crippen molar-refractivity contribution in [1.29, 1.82) is 0 Å². The molecule has 1 atom stereocenters. The van der Waals surface area contributed by atoms with Gasteiger partial charge in [-0.2, -0.15) is 0 Å². The molecule has 1 unspecified atom stereocenters. The van der Waals surface area contributed by atoms with Gasteiger partial charge in [-0.05, 0) is 90.1 Å². The Morgan fingerprint density at radius 2 is 1.70 bits per heavy atom. The third kappa shape index (κ3) is 7.94. The maximum absolute atomic E-state index is 14.2. The van der Waals surface area contributed by atoms with Crippen LogP contribution in [0.1, 0.15) is 50.2 Å². The van der Waals surface area contributed by atoms with Crippen molar-refractivity contribution in [2.75, 3.05) is 18.0 Å². The molecule has 3 aromatic carbocycles. The highest BCUT2D eigenvalue weighted by Gasteiger charge is 2.34. The summed E-state index contributed by atoms with van der Waals surface area (Å²) in [6.07, 6.45) is 4.14. The van der Waals surface area contributed by atoms with Crippen molar-refractivity contribution in [2.45, 2.75) is 69.5 Å². The number of sulfonamides is 1. The molecule has 0 radical (unpaired) electrons. The van der Waals surface area contributed by atoms with Crippen LogP contribution in [0.3, 0.4) is 0 Å². The molecule has 0 heterocycles. The first-order chi connectivity index (χ1) is 20.5. The average molecular weight is 675 g/mol. The lowest BCUT2D eigenvalue weighted by Crippen LogP contribution is -2.53. The molecule has 11 heteroatoms. The van der Waals surface area contributed by atoms with Crippen LogP contribution in [0.15, 0.2) is 76.1 Å². The summed E-state index contributed by atoms with van der Waals surface area (Å²) in [5.41, 5.74) is 1.84. The Bertz CT molecular complexity index is 1530. The van der Waals surface area contributed by atoms with E-state index in [0.29, 0.717) is 27.9 Å². The minimum absolute atomic E-state index is 0.00553. The van der Waals surface area contributed by atoms with Crippen LogP contribution in [0.2, 0.25) is 0 Å². The second kappa shape index (κ2) is 14.4.